The van der Waals surface area contributed by atoms with E-state index in [0.29, 0.717) is 24.6 Å². The number of aliphatic hydroxyl groups excluding tert-OH is 1. The highest BCUT2D eigenvalue weighted by atomic mass is 16.7. The molecule has 0 unspecified atom stereocenters. The van der Waals surface area contributed by atoms with Gasteiger partial charge in [-0.2, -0.15) is 0 Å². The Kier molecular flexibility index (Phi) is 18.1. The molecule has 3 rings (SSSR count). The van der Waals surface area contributed by atoms with Gasteiger partial charge in [0.25, 0.3) is 0 Å². The summed E-state index contributed by atoms with van der Waals surface area (Å²) >= 11 is 0. The van der Waals surface area contributed by atoms with E-state index in [1.54, 1.807) is 12.1 Å². The summed E-state index contributed by atoms with van der Waals surface area (Å²) in [5.74, 6) is -3.67. The molecular formula is C37H53N3O13. The molecule has 2 aliphatic heterocycles. The molecule has 4 N–H and O–H groups in total. The summed E-state index contributed by atoms with van der Waals surface area (Å²) in [6, 6.07) is 4.64. The molecule has 0 saturated carbocycles. The zero-order valence-electron chi connectivity index (χ0n) is 30.7. The van der Waals surface area contributed by atoms with E-state index in [-0.39, 0.29) is 50.0 Å². The molecule has 0 bridgehead atoms. The summed E-state index contributed by atoms with van der Waals surface area (Å²) in [4.78, 5) is 66.3. The molecule has 16 nitrogen and oxygen atoms in total. The SMILES string of the molecule is C=CC[C@H](CC(=O)NCCCC)C(=O)O[C@@H]1[C@H](OC(=O)[C@H](CC=C)CC(=O)NCCCC)[C@@H](OC)O[C@H](CO)[C@H]1OC(=O)Nc1ccc2c(c1)OCO2. The number of unbranched alkanes of at least 4 members (excludes halogenated alkanes) is 2. The molecule has 3 amide bonds. The van der Waals surface area contributed by atoms with E-state index in [1.807, 2.05) is 13.8 Å². The lowest BCUT2D eigenvalue weighted by molar-refractivity contribution is -0.300. The number of hydrogen-bond acceptors (Lipinski definition) is 13. The Morgan fingerprint density at radius 2 is 1.42 bits per heavy atom. The fourth-order valence-corrected chi connectivity index (χ4v) is 5.65. The van der Waals surface area contributed by atoms with Gasteiger partial charge in [-0.15, -0.1) is 13.2 Å². The van der Waals surface area contributed by atoms with Crippen LogP contribution < -0.4 is 25.4 Å². The van der Waals surface area contributed by atoms with E-state index >= 15 is 0 Å². The number of amides is 3. The van der Waals surface area contributed by atoms with E-state index < -0.39 is 67.2 Å². The summed E-state index contributed by atoms with van der Waals surface area (Å²) in [5.41, 5.74) is 0.271. The van der Waals surface area contributed by atoms with E-state index in [9.17, 15) is 29.1 Å². The van der Waals surface area contributed by atoms with Gasteiger partial charge in [0.05, 0.1) is 18.4 Å². The number of fused-ring (bicyclic) bond motifs is 1. The van der Waals surface area contributed by atoms with E-state index in [4.69, 9.17) is 33.2 Å². The van der Waals surface area contributed by atoms with Crippen molar-refractivity contribution in [3.05, 3.63) is 43.5 Å². The van der Waals surface area contributed by atoms with Gasteiger partial charge in [-0.25, -0.2) is 4.79 Å². The first-order chi connectivity index (χ1) is 25.6. The smallest absolute Gasteiger partial charge is 0.412 e. The molecule has 7 atom stereocenters. The van der Waals surface area contributed by atoms with Crippen molar-refractivity contribution < 1.29 is 62.2 Å². The van der Waals surface area contributed by atoms with Crippen molar-refractivity contribution in [1.82, 2.24) is 10.6 Å². The van der Waals surface area contributed by atoms with Crippen LogP contribution in [0.25, 0.3) is 0 Å². The van der Waals surface area contributed by atoms with Crippen molar-refractivity contribution in [2.75, 3.05) is 38.9 Å². The number of anilines is 1. The highest BCUT2D eigenvalue weighted by Crippen LogP contribution is 2.35. The topological polar surface area (TPSA) is 206 Å². The molecule has 1 aromatic rings. The van der Waals surface area contributed by atoms with Crippen molar-refractivity contribution in [3.63, 3.8) is 0 Å². The molecule has 294 valence electrons. The number of carbonyl (C=O) groups is 5. The maximum absolute atomic E-state index is 13.8. The third-order valence-electron chi connectivity index (χ3n) is 8.51. The van der Waals surface area contributed by atoms with Crippen LogP contribution in [0.3, 0.4) is 0 Å². The zero-order valence-corrected chi connectivity index (χ0v) is 30.7. The molecule has 53 heavy (non-hydrogen) atoms. The highest BCUT2D eigenvalue weighted by molar-refractivity contribution is 5.86. The Bertz CT molecular complexity index is 1410. The first-order valence-corrected chi connectivity index (χ1v) is 17.9. The van der Waals surface area contributed by atoms with Crippen LogP contribution in [-0.4, -0.2) is 99.3 Å². The average Bonchev–Trinajstić information content (AvgIpc) is 3.60. The van der Waals surface area contributed by atoms with Gasteiger partial charge in [-0.1, -0.05) is 38.8 Å². The Labute approximate surface area is 309 Å². The lowest BCUT2D eigenvalue weighted by Crippen LogP contribution is -2.63. The molecule has 0 spiro atoms. The molecule has 0 radical (unpaired) electrons. The maximum atomic E-state index is 13.8. The van der Waals surface area contributed by atoms with Crippen LogP contribution in [0.5, 0.6) is 11.5 Å². The average molecular weight is 748 g/mol. The second-order valence-electron chi connectivity index (χ2n) is 12.6. The molecular weight excluding hydrogens is 694 g/mol. The van der Waals surface area contributed by atoms with Crippen LogP contribution >= 0.6 is 0 Å². The number of methoxy groups -OCH3 is 1. The van der Waals surface area contributed by atoms with Crippen molar-refractivity contribution in [1.29, 1.82) is 0 Å². The minimum atomic E-state index is -1.62. The lowest BCUT2D eigenvalue weighted by Gasteiger charge is -2.44. The van der Waals surface area contributed by atoms with Gasteiger partial charge in [0.15, 0.2) is 36.1 Å². The Hall–Kier alpha value is -4.67. The van der Waals surface area contributed by atoms with Crippen LogP contribution in [0.4, 0.5) is 10.5 Å². The number of allylic oxidation sites excluding steroid dienone is 2. The van der Waals surface area contributed by atoms with E-state index in [2.05, 4.69) is 29.1 Å². The number of carbonyl (C=O) groups excluding carboxylic acids is 5. The maximum Gasteiger partial charge on any atom is 0.412 e. The van der Waals surface area contributed by atoms with Gasteiger partial charge in [0.1, 0.15) is 6.10 Å². The van der Waals surface area contributed by atoms with Crippen molar-refractivity contribution in [2.45, 2.75) is 95.9 Å². The number of rotatable bonds is 22. The molecule has 1 aromatic carbocycles. The number of ether oxygens (including phenoxy) is 7. The predicted octanol–water partition coefficient (Wildman–Crippen LogP) is 3.52. The van der Waals surface area contributed by atoms with Crippen molar-refractivity contribution in [2.24, 2.45) is 11.8 Å². The molecule has 1 saturated heterocycles. The van der Waals surface area contributed by atoms with Crippen LogP contribution in [0.15, 0.2) is 43.5 Å². The number of aliphatic hydroxyl groups is 1. The Morgan fingerprint density at radius 3 is 1.94 bits per heavy atom. The number of esters is 2. The summed E-state index contributed by atoms with van der Waals surface area (Å²) in [6.07, 6.45) is -2.76. The largest absolute Gasteiger partial charge is 0.454 e. The monoisotopic (exact) mass is 747 g/mol. The lowest BCUT2D eigenvalue weighted by atomic mass is 9.96. The second-order valence-corrected chi connectivity index (χ2v) is 12.6. The number of benzene rings is 1. The van der Waals surface area contributed by atoms with Crippen LogP contribution in [-0.2, 0) is 42.9 Å². The molecule has 0 aliphatic carbocycles. The van der Waals surface area contributed by atoms with Crippen LogP contribution in [0.2, 0.25) is 0 Å². The van der Waals surface area contributed by atoms with Gasteiger partial charge in [0, 0.05) is 44.8 Å². The van der Waals surface area contributed by atoms with Gasteiger partial charge >= 0.3 is 18.0 Å². The number of nitrogens with one attached hydrogen (secondary N) is 3. The molecule has 0 aromatic heterocycles. The van der Waals surface area contributed by atoms with Crippen LogP contribution in [0, 0.1) is 11.8 Å². The fourth-order valence-electron chi connectivity index (χ4n) is 5.65. The van der Waals surface area contributed by atoms with Crippen molar-refractivity contribution in [3.8, 4) is 11.5 Å². The quantitative estimate of drug-likeness (QED) is 0.0581. The minimum absolute atomic E-state index is 0.0130. The van der Waals surface area contributed by atoms with E-state index in [0.717, 1.165) is 25.7 Å². The van der Waals surface area contributed by atoms with Gasteiger partial charge < -0.3 is 48.9 Å². The Morgan fingerprint density at radius 1 is 0.849 bits per heavy atom. The highest BCUT2D eigenvalue weighted by Gasteiger charge is 2.53. The van der Waals surface area contributed by atoms with Gasteiger partial charge in [0.2, 0.25) is 18.6 Å². The number of hydrogen-bond donors (Lipinski definition) is 4. The fraction of sp³-hybridized carbons (Fsp3) is 0.595. The Balaban J connectivity index is 1.94. The minimum Gasteiger partial charge on any atom is -0.454 e. The molecule has 16 heteroatoms. The van der Waals surface area contributed by atoms with Gasteiger partial charge in [-0.05, 0) is 37.8 Å². The first kappa shape index (κ1) is 42.7. The van der Waals surface area contributed by atoms with E-state index in [1.165, 1.54) is 25.3 Å². The van der Waals surface area contributed by atoms with Crippen LogP contribution in [0.1, 0.15) is 65.2 Å². The third-order valence-corrected chi connectivity index (χ3v) is 8.51. The predicted molar refractivity (Wildman–Crippen MR) is 191 cm³/mol. The molecule has 2 aliphatic rings. The van der Waals surface area contributed by atoms with Crippen molar-refractivity contribution >= 4 is 35.5 Å². The summed E-state index contributed by atoms with van der Waals surface area (Å²) < 4.78 is 39.7. The standard InChI is InChI=1S/C37H53N3O13/c1-6-10-16-38-29(42)18-23(12-8-3)34(44)51-32-31(53-37(46)40-25-14-15-26-27(20-25)49-22-48-26)28(21-41)50-36(47-5)33(32)52-35(45)24(13-9-4)19-30(43)39-17-11-7-2/h8-9,14-15,20,23-24,28,31-33,36,41H,3-4,6-7,10-13,16-19,21-22H2,1-2,5H3,(H,38,42)(H,39,43)(H,40,46)/t23-,24-,28-,31-,32+,33+,36+/m1/s1. The molecule has 2 heterocycles. The summed E-state index contributed by atoms with van der Waals surface area (Å²) in [6.45, 7) is 11.5. The summed E-state index contributed by atoms with van der Waals surface area (Å²) in [5, 5.41) is 18.5. The zero-order chi connectivity index (χ0) is 38.8. The third kappa shape index (κ3) is 13.0. The molecule has 1 fully saturated rings. The second kappa shape index (κ2) is 22.4. The summed E-state index contributed by atoms with van der Waals surface area (Å²) in [7, 11) is 1.25. The van der Waals surface area contributed by atoms with Gasteiger partial charge in [-0.3, -0.25) is 24.5 Å². The normalized spacial score (nSPS) is 21.3. The first-order valence-electron chi connectivity index (χ1n) is 17.9.